The van der Waals surface area contributed by atoms with Gasteiger partial charge in [0.15, 0.2) is 4.21 Å². The second-order valence-electron chi connectivity index (χ2n) is 2.95. The molecule has 0 atom stereocenters. The summed E-state index contributed by atoms with van der Waals surface area (Å²) in [6.45, 7) is 1.62. The van der Waals surface area contributed by atoms with Crippen LogP contribution in [0.5, 0.6) is 0 Å². The predicted octanol–water partition coefficient (Wildman–Crippen LogP) is 2.87. The van der Waals surface area contributed by atoms with Gasteiger partial charge in [0, 0.05) is 4.70 Å². The molecule has 0 N–H and O–H groups in total. The van der Waals surface area contributed by atoms with Gasteiger partial charge >= 0.3 is 10.2 Å². The van der Waals surface area contributed by atoms with Crippen molar-refractivity contribution in [3.05, 3.63) is 29.8 Å². The average Bonchev–Trinajstić information content (AvgIpc) is 2.44. The Bertz CT molecular complexity index is 584. The summed E-state index contributed by atoms with van der Waals surface area (Å²) in [5, 5.41) is 0.800. The second-order valence-corrected chi connectivity index (χ2v) is 5.54. The third kappa shape index (κ3) is 1.42. The molecule has 2 aromatic rings. The van der Waals surface area contributed by atoms with Gasteiger partial charge in [-0.15, -0.1) is 11.3 Å². The van der Waals surface area contributed by atoms with Crippen LogP contribution in [0.1, 0.15) is 5.56 Å². The third-order valence-electron chi connectivity index (χ3n) is 2.02. The maximum Gasteiger partial charge on any atom is 0.341 e. The summed E-state index contributed by atoms with van der Waals surface area (Å²) < 4.78 is 34.9. The quantitative estimate of drug-likeness (QED) is 0.706. The topological polar surface area (TPSA) is 34.1 Å². The van der Waals surface area contributed by atoms with E-state index in [1.807, 2.05) is 0 Å². The van der Waals surface area contributed by atoms with Crippen LogP contribution in [0.3, 0.4) is 0 Å². The summed E-state index contributed by atoms with van der Waals surface area (Å²) in [5.41, 5.74) is 0.494. The highest BCUT2D eigenvalue weighted by Gasteiger charge is 2.19. The largest absolute Gasteiger partial charge is 0.341 e. The highest BCUT2D eigenvalue weighted by molar-refractivity contribution is 7.88. The smallest absolute Gasteiger partial charge is 0.188 e. The zero-order chi connectivity index (χ0) is 10.3. The fourth-order valence-corrected chi connectivity index (χ4v) is 3.47. The summed E-state index contributed by atoms with van der Waals surface area (Å²) in [5.74, 6) is 0. The van der Waals surface area contributed by atoms with Gasteiger partial charge in [0.1, 0.15) is 0 Å². The lowest BCUT2D eigenvalue weighted by atomic mass is 10.2. The predicted molar refractivity (Wildman–Crippen MR) is 54.9 cm³/mol. The minimum Gasteiger partial charge on any atom is -0.188 e. The first-order chi connectivity index (χ1) is 6.50. The van der Waals surface area contributed by atoms with E-state index in [0.717, 1.165) is 21.4 Å². The van der Waals surface area contributed by atoms with E-state index in [0.29, 0.717) is 5.56 Å². The van der Waals surface area contributed by atoms with Crippen molar-refractivity contribution in [1.29, 1.82) is 0 Å². The van der Waals surface area contributed by atoms with E-state index in [4.69, 9.17) is 0 Å². The highest BCUT2D eigenvalue weighted by atomic mass is 32.3. The van der Waals surface area contributed by atoms with Crippen LogP contribution < -0.4 is 0 Å². The lowest BCUT2D eigenvalue weighted by Crippen LogP contribution is -1.89. The minimum atomic E-state index is -4.58. The fourth-order valence-electron chi connectivity index (χ4n) is 1.38. The summed E-state index contributed by atoms with van der Waals surface area (Å²) in [7, 11) is -4.58. The van der Waals surface area contributed by atoms with Crippen LogP contribution in [-0.4, -0.2) is 8.42 Å². The van der Waals surface area contributed by atoms with Gasteiger partial charge in [-0.05, 0) is 23.9 Å². The molecule has 14 heavy (non-hydrogen) atoms. The SMILES string of the molecule is Cc1c(S(=O)(=O)F)sc2ccccc12. The maximum absolute atomic E-state index is 12.8. The molecule has 2 rings (SSSR count). The van der Waals surface area contributed by atoms with Gasteiger partial charge in [0.25, 0.3) is 0 Å². The molecule has 0 radical (unpaired) electrons. The molecule has 0 saturated heterocycles. The van der Waals surface area contributed by atoms with Crippen LogP contribution in [0, 0.1) is 6.92 Å². The molecule has 0 spiro atoms. The third-order valence-corrected chi connectivity index (χ3v) is 4.69. The minimum absolute atomic E-state index is 0.182. The van der Waals surface area contributed by atoms with Gasteiger partial charge in [0.2, 0.25) is 0 Å². The molecule has 0 aliphatic carbocycles. The van der Waals surface area contributed by atoms with Crippen LogP contribution in [0.15, 0.2) is 28.5 Å². The van der Waals surface area contributed by atoms with Crippen LogP contribution in [0.25, 0.3) is 10.1 Å². The molecule has 74 valence electrons. The summed E-state index contributed by atoms with van der Waals surface area (Å²) >= 11 is 0.968. The summed E-state index contributed by atoms with van der Waals surface area (Å²) in [6, 6.07) is 7.17. The van der Waals surface area contributed by atoms with Crippen molar-refractivity contribution in [1.82, 2.24) is 0 Å². The maximum atomic E-state index is 12.8. The lowest BCUT2D eigenvalue weighted by molar-refractivity contribution is 0.554. The zero-order valence-electron chi connectivity index (χ0n) is 7.32. The molecule has 1 heterocycles. The van der Waals surface area contributed by atoms with E-state index in [1.165, 1.54) is 0 Å². The van der Waals surface area contributed by atoms with Crippen molar-refractivity contribution in [2.45, 2.75) is 11.1 Å². The van der Waals surface area contributed by atoms with Crippen LogP contribution >= 0.6 is 11.3 Å². The Morgan fingerprint density at radius 1 is 1.29 bits per heavy atom. The lowest BCUT2D eigenvalue weighted by Gasteiger charge is -1.90. The Hall–Kier alpha value is -0.940. The molecule has 0 aliphatic heterocycles. The number of hydrogen-bond donors (Lipinski definition) is 0. The molecule has 0 saturated carbocycles. The first-order valence-corrected chi connectivity index (χ1v) is 6.13. The van der Waals surface area contributed by atoms with Gasteiger partial charge in [-0.25, -0.2) is 0 Å². The number of halogens is 1. The molecule has 1 aromatic carbocycles. The molecule has 1 aromatic heterocycles. The monoisotopic (exact) mass is 230 g/mol. The van der Waals surface area contributed by atoms with Crippen molar-refractivity contribution in [3.63, 3.8) is 0 Å². The first kappa shape index (κ1) is 9.61. The molecule has 0 amide bonds. The van der Waals surface area contributed by atoms with Gasteiger partial charge in [-0.3, -0.25) is 0 Å². The Morgan fingerprint density at radius 3 is 2.50 bits per heavy atom. The number of rotatable bonds is 1. The van der Waals surface area contributed by atoms with Gasteiger partial charge in [-0.2, -0.15) is 8.42 Å². The number of aryl methyl sites for hydroxylation is 1. The number of hydrogen-bond acceptors (Lipinski definition) is 3. The molecular weight excluding hydrogens is 223 g/mol. The van der Waals surface area contributed by atoms with E-state index >= 15 is 0 Å². The molecular formula is C9H7FO2S2. The molecule has 0 bridgehead atoms. The van der Waals surface area contributed by atoms with Gasteiger partial charge < -0.3 is 0 Å². The standard InChI is InChI=1S/C9H7FO2S2/c1-6-7-4-2-3-5-8(7)13-9(6)14(10,11)12/h2-5H,1H3. The Labute approximate surface area is 85.2 Å². The van der Waals surface area contributed by atoms with Crippen molar-refractivity contribution >= 4 is 31.6 Å². The summed E-state index contributed by atoms with van der Waals surface area (Å²) in [6.07, 6.45) is 0. The van der Waals surface area contributed by atoms with E-state index < -0.39 is 10.2 Å². The normalized spacial score (nSPS) is 12.1. The van der Waals surface area contributed by atoms with Crippen molar-refractivity contribution in [2.24, 2.45) is 0 Å². The molecule has 2 nitrogen and oxygen atoms in total. The molecule has 0 unspecified atom stereocenters. The van der Waals surface area contributed by atoms with E-state index in [2.05, 4.69) is 0 Å². The average molecular weight is 230 g/mol. The van der Waals surface area contributed by atoms with Crippen molar-refractivity contribution in [3.8, 4) is 0 Å². The zero-order valence-corrected chi connectivity index (χ0v) is 8.95. The van der Waals surface area contributed by atoms with E-state index in [-0.39, 0.29) is 4.21 Å². The fraction of sp³-hybridized carbons (Fsp3) is 0.111. The van der Waals surface area contributed by atoms with Crippen LogP contribution in [0.4, 0.5) is 3.89 Å². The summed E-state index contributed by atoms with van der Waals surface area (Å²) in [4.78, 5) is 0. The molecule has 5 heteroatoms. The Balaban J connectivity index is 2.89. The first-order valence-electron chi connectivity index (χ1n) is 3.93. The highest BCUT2D eigenvalue weighted by Crippen LogP contribution is 2.34. The number of fused-ring (bicyclic) bond motifs is 1. The van der Waals surface area contributed by atoms with Gasteiger partial charge in [0.05, 0.1) is 0 Å². The van der Waals surface area contributed by atoms with Crippen molar-refractivity contribution in [2.75, 3.05) is 0 Å². The van der Waals surface area contributed by atoms with Crippen LogP contribution in [-0.2, 0) is 10.2 Å². The number of thiophene rings is 1. The van der Waals surface area contributed by atoms with Crippen LogP contribution in [0.2, 0.25) is 0 Å². The Morgan fingerprint density at radius 2 is 1.93 bits per heavy atom. The van der Waals surface area contributed by atoms with E-state index in [9.17, 15) is 12.3 Å². The molecule has 0 aliphatic rings. The number of benzene rings is 1. The second kappa shape index (κ2) is 3.03. The van der Waals surface area contributed by atoms with E-state index in [1.54, 1.807) is 31.2 Å². The van der Waals surface area contributed by atoms with Crippen molar-refractivity contribution < 1.29 is 12.3 Å². The Kier molecular flexibility index (Phi) is 2.08. The molecule has 0 fully saturated rings. The van der Waals surface area contributed by atoms with Gasteiger partial charge in [-0.1, -0.05) is 22.1 Å².